The van der Waals surface area contributed by atoms with Crippen LogP contribution < -0.4 is 4.74 Å². The predicted molar refractivity (Wildman–Crippen MR) is 61.6 cm³/mol. The van der Waals surface area contributed by atoms with E-state index < -0.39 is 5.97 Å². The number of halogens is 1. The monoisotopic (exact) mass is 239 g/mol. The fourth-order valence-corrected chi connectivity index (χ4v) is 2.05. The van der Waals surface area contributed by atoms with Crippen LogP contribution in [0.3, 0.4) is 0 Å². The van der Waals surface area contributed by atoms with Gasteiger partial charge in [0.1, 0.15) is 5.75 Å². The van der Waals surface area contributed by atoms with Crippen LogP contribution in [0.1, 0.15) is 16.1 Å². The second-order valence-corrected chi connectivity index (χ2v) is 3.84. The summed E-state index contributed by atoms with van der Waals surface area (Å²) in [5, 5.41) is 10.0. The molecule has 0 aliphatic carbocycles. The predicted octanol–water partition coefficient (Wildman–Crippen LogP) is 2.84. The molecule has 1 aromatic carbocycles. The van der Waals surface area contributed by atoms with Gasteiger partial charge in [0.15, 0.2) is 0 Å². The standard InChI is InChI=1S/C11H10ClNO3/c1-5-8(11(14)15)9-6(12)3-4-7(16-2)10(9)13-5/h3-4,13H,1-2H3,(H,14,15). The van der Waals surface area contributed by atoms with E-state index in [9.17, 15) is 4.79 Å². The number of aromatic nitrogens is 1. The number of ether oxygens (including phenoxy) is 1. The van der Waals surface area contributed by atoms with Crippen molar-refractivity contribution in [1.82, 2.24) is 4.98 Å². The van der Waals surface area contributed by atoms with Crippen LogP contribution in [-0.4, -0.2) is 23.2 Å². The molecule has 2 N–H and O–H groups in total. The van der Waals surface area contributed by atoms with Crippen molar-refractivity contribution in [2.45, 2.75) is 6.92 Å². The average Bonchev–Trinajstić information content (AvgIpc) is 2.57. The van der Waals surface area contributed by atoms with Gasteiger partial charge in [0.05, 0.1) is 23.2 Å². The summed E-state index contributed by atoms with van der Waals surface area (Å²) >= 11 is 6.01. The first-order valence-corrected chi connectivity index (χ1v) is 5.02. The van der Waals surface area contributed by atoms with Crippen LogP contribution in [0.2, 0.25) is 5.02 Å². The number of carboxylic acid groups (broad SMARTS) is 1. The molecule has 0 saturated carbocycles. The van der Waals surface area contributed by atoms with Crippen molar-refractivity contribution in [3.8, 4) is 5.75 Å². The summed E-state index contributed by atoms with van der Waals surface area (Å²) in [5.74, 6) is -0.422. The maximum atomic E-state index is 11.1. The van der Waals surface area contributed by atoms with Gasteiger partial charge in [-0.3, -0.25) is 0 Å². The minimum absolute atomic E-state index is 0.193. The maximum Gasteiger partial charge on any atom is 0.338 e. The van der Waals surface area contributed by atoms with Crippen molar-refractivity contribution in [2.24, 2.45) is 0 Å². The van der Waals surface area contributed by atoms with Crippen LogP contribution in [0.4, 0.5) is 0 Å². The summed E-state index contributed by atoms with van der Waals surface area (Å²) in [6.07, 6.45) is 0. The van der Waals surface area contributed by atoms with Crippen LogP contribution in [0.15, 0.2) is 12.1 Å². The molecule has 0 aliphatic heterocycles. The third-order valence-corrected chi connectivity index (χ3v) is 2.80. The lowest BCUT2D eigenvalue weighted by molar-refractivity contribution is 0.0698. The number of carboxylic acids is 1. The molecule has 0 spiro atoms. The highest BCUT2D eigenvalue weighted by molar-refractivity contribution is 6.37. The van der Waals surface area contributed by atoms with Gasteiger partial charge in [-0.25, -0.2) is 4.79 Å². The number of aromatic amines is 1. The van der Waals surface area contributed by atoms with Gasteiger partial charge in [-0.1, -0.05) is 11.6 Å². The van der Waals surface area contributed by atoms with E-state index in [1.54, 1.807) is 19.1 Å². The molecular formula is C11H10ClNO3. The quantitative estimate of drug-likeness (QED) is 0.847. The molecule has 0 amide bonds. The van der Waals surface area contributed by atoms with Crippen molar-refractivity contribution in [3.05, 3.63) is 28.4 Å². The summed E-state index contributed by atoms with van der Waals surface area (Å²) < 4.78 is 5.15. The molecule has 0 saturated heterocycles. The van der Waals surface area contributed by atoms with Crippen molar-refractivity contribution in [1.29, 1.82) is 0 Å². The Balaban J connectivity index is 2.93. The van der Waals surface area contributed by atoms with Gasteiger partial charge in [-0.2, -0.15) is 0 Å². The van der Waals surface area contributed by atoms with Crippen LogP contribution in [0.5, 0.6) is 5.75 Å². The summed E-state index contributed by atoms with van der Waals surface area (Å²) in [4.78, 5) is 14.1. The Morgan fingerprint density at radius 3 is 2.75 bits per heavy atom. The van der Waals surface area contributed by atoms with E-state index in [0.717, 1.165) is 0 Å². The second-order valence-electron chi connectivity index (χ2n) is 3.43. The topological polar surface area (TPSA) is 62.3 Å². The highest BCUT2D eigenvalue weighted by atomic mass is 35.5. The fraction of sp³-hybridized carbons (Fsp3) is 0.182. The molecule has 5 heteroatoms. The summed E-state index contributed by atoms with van der Waals surface area (Å²) in [6, 6.07) is 3.33. The first-order chi connectivity index (χ1) is 7.56. The molecule has 4 nitrogen and oxygen atoms in total. The van der Waals surface area contributed by atoms with E-state index in [-0.39, 0.29) is 5.56 Å². The Hall–Kier alpha value is -1.68. The highest BCUT2D eigenvalue weighted by Crippen LogP contribution is 2.34. The first-order valence-electron chi connectivity index (χ1n) is 4.64. The van der Waals surface area contributed by atoms with E-state index in [4.69, 9.17) is 21.4 Å². The fourth-order valence-electron chi connectivity index (χ4n) is 1.80. The molecule has 0 aliphatic rings. The van der Waals surface area contributed by atoms with Crippen LogP contribution >= 0.6 is 11.6 Å². The maximum absolute atomic E-state index is 11.1. The Labute approximate surface area is 96.8 Å². The average molecular weight is 240 g/mol. The Morgan fingerprint density at radius 2 is 2.19 bits per heavy atom. The van der Waals surface area contributed by atoms with Crippen LogP contribution in [0.25, 0.3) is 10.9 Å². The summed E-state index contributed by atoms with van der Waals surface area (Å²) in [5.41, 5.74) is 1.37. The third kappa shape index (κ3) is 1.42. The minimum atomic E-state index is -1.00. The molecule has 1 heterocycles. The lowest BCUT2D eigenvalue weighted by Gasteiger charge is -2.02. The number of hydrogen-bond donors (Lipinski definition) is 2. The molecular weight excluding hydrogens is 230 g/mol. The summed E-state index contributed by atoms with van der Waals surface area (Å²) in [6.45, 7) is 1.69. The normalized spacial score (nSPS) is 10.7. The van der Waals surface area contributed by atoms with Gasteiger partial charge in [-0.15, -0.1) is 0 Å². The molecule has 0 bridgehead atoms. The molecule has 0 atom stereocenters. The molecule has 0 fully saturated rings. The molecule has 2 rings (SSSR count). The van der Waals surface area contributed by atoms with Gasteiger partial charge in [0.25, 0.3) is 0 Å². The first kappa shape index (κ1) is 10.8. The van der Waals surface area contributed by atoms with E-state index in [0.29, 0.717) is 27.4 Å². The third-order valence-electron chi connectivity index (χ3n) is 2.49. The second kappa shape index (κ2) is 3.72. The van der Waals surface area contributed by atoms with E-state index in [2.05, 4.69) is 4.98 Å². The van der Waals surface area contributed by atoms with Gasteiger partial charge in [-0.05, 0) is 19.1 Å². The molecule has 0 unspecified atom stereocenters. The number of nitrogens with one attached hydrogen (secondary N) is 1. The Bertz CT molecular complexity index is 574. The SMILES string of the molecule is COc1ccc(Cl)c2c(C(=O)O)c(C)[nH]c12. The molecule has 84 valence electrons. The van der Waals surface area contributed by atoms with Crippen LogP contribution in [0, 0.1) is 6.92 Å². The number of aryl methyl sites for hydroxylation is 1. The number of methoxy groups -OCH3 is 1. The smallest absolute Gasteiger partial charge is 0.338 e. The van der Waals surface area contributed by atoms with Gasteiger partial charge in [0, 0.05) is 11.1 Å². The lowest BCUT2D eigenvalue weighted by Crippen LogP contribution is -1.97. The van der Waals surface area contributed by atoms with Crippen molar-refractivity contribution < 1.29 is 14.6 Å². The number of rotatable bonds is 2. The zero-order chi connectivity index (χ0) is 11.9. The number of carbonyl (C=O) groups is 1. The zero-order valence-electron chi connectivity index (χ0n) is 8.80. The van der Waals surface area contributed by atoms with Gasteiger partial charge >= 0.3 is 5.97 Å². The number of hydrogen-bond acceptors (Lipinski definition) is 2. The van der Waals surface area contributed by atoms with E-state index in [1.807, 2.05) is 0 Å². The van der Waals surface area contributed by atoms with Gasteiger partial charge in [0.2, 0.25) is 0 Å². The number of H-pyrrole nitrogens is 1. The van der Waals surface area contributed by atoms with E-state index >= 15 is 0 Å². The number of aromatic carboxylic acids is 1. The number of fused-ring (bicyclic) bond motifs is 1. The molecule has 16 heavy (non-hydrogen) atoms. The molecule has 0 radical (unpaired) electrons. The summed E-state index contributed by atoms with van der Waals surface area (Å²) in [7, 11) is 1.53. The van der Waals surface area contributed by atoms with Gasteiger partial charge < -0.3 is 14.8 Å². The Kier molecular flexibility index (Phi) is 2.52. The van der Waals surface area contributed by atoms with Crippen molar-refractivity contribution >= 4 is 28.5 Å². The highest BCUT2D eigenvalue weighted by Gasteiger charge is 2.19. The largest absolute Gasteiger partial charge is 0.495 e. The van der Waals surface area contributed by atoms with Crippen molar-refractivity contribution in [2.75, 3.05) is 7.11 Å². The van der Waals surface area contributed by atoms with Crippen molar-refractivity contribution in [3.63, 3.8) is 0 Å². The Morgan fingerprint density at radius 1 is 1.50 bits per heavy atom. The van der Waals surface area contributed by atoms with E-state index in [1.165, 1.54) is 7.11 Å². The lowest BCUT2D eigenvalue weighted by atomic mass is 10.1. The van der Waals surface area contributed by atoms with Crippen LogP contribution in [-0.2, 0) is 0 Å². The molecule has 2 aromatic rings. The minimum Gasteiger partial charge on any atom is -0.495 e. The molecule has 1 aromatic heterocycles. The number of benzene rings is 1. The zero-order valence-corrected chi connectivity index (χ0v) is 9.55.